The Labute approximate surface area is 106 Å². The molecule has 18 heavy (non-hydrogen) atoms. The maximum atomic E-state index is 11.7. The highest BCUT2D eigenvalue weighted by atomic mass is 16.5. The van der Waals surface area contributed by atoms with Crippen molar-refractivity contribution in [1.82, 2.24) is 0 Å². The van der Waals surface area contributed by atoms with Crippen LogP contribution in [0.5, 0.6) is 0 Å². The lowest BCUT2D eigenvalue weighted by Gasteiger charge is -2.11. The van der Waals surface area contributed by atoms with Gasteiger partial charge in [0.05, 0.1) is 18.9 Å². The predicted octanol–water partition coefficient (Wildman–Crippen LogP) is 1.53. The number of benzene rings is 1. The molecule has 5 nitrogen and oxygen atoms in total. The Morgan fingerprint density at radius 2 is 2.17 bits per heavy atom. The van der Waals surface area contributed by atoms with E-state index in [1.165, 1.54) is 7.11 Å². The van der Waals surface area contributed by atoms with Crippen LogP contribution in [0.15, 0.2) is 24.3 Å². The quantitative estimate of drug-likeness (QED) is 0.804. The second-order valence-electron chi connectivity index (χ2n) is 4.12. The lowest BCUT2D eigenvalue weighted by Crippen LogP contribution is -2.23. The zero-order valence-electron chi connectivity index (χ0n) is 10.5. The molecular weight excluding hydrogens is 234 g/mol. The number of carbonyl (C=O) groups is 2. The number of carboxylic acid groups (broad SMARTS) is 1. The lowest BCUT2D eigenvalue weighted by atomic mass is 10.1. The third kappa shape index (κ3) is 4.55. The van der Waals surface area contributed by atoms with Crippen LogP contribution in [0.1, 0.15) is 12.5 Å². The van der Waals surface area contributed by atoms with Gasteiger partial charge in [-0.25, -0.2) is 0 Å². The minimum Gasteiger partial charge on any atom is -0.481 e. The standard InChI is InChI=1S/C13H17NO4/c1-9(8-18-2)13(17)14-11-5-3-4-10(6-11)7-12(15)16/h3-6,9H,7-8H2,1-2H3,(H,14,17)(H,15,16). The number of rotatable bonds is 6. The highest BCUT2D eigenvalue weighted by Crippen LogP contribution is 2.12. The van der Waals surface area contributed by atoms with Crippen LogP contribution in [0, 0.1) is 5.92 Å². The number of methoxy groups -OCH3 is 1. The van der Waals surface area contributed by atoms with Crippen LogP contribution in [-0.4, -0.2) is 30.7 Å². The summed E-state index contributed by atoms with van der Waals surface area (Å²) >= 11 is 0. The molecular formula is C13H17NO4. The van der Waals surface area contributed by atoms with Crippen molar-refractivity contribution < 1.29 is 19.4 Å². The topological polar surface area (TPSA) is 75.6 Å². The van der Waals surface area contributed by atoms with Crippen molar-refractivity contribution in [3.05, 3.63) is 29.8 Å². The van der Waals surface area contributed by atoms with Gasteiger partial charge in [0.1, 0.15) is 0 Å². The van der Waals surface area contributed by atoms with Crippen molar-refractivity contribution in [2.45, 2.75) is 13.3 Å². The van der Waals surface area contributed by atoms with Crippen LogP contribution in [-0.2, 0) is 20.7 Å². The van der Waals surface area contributed by atoms with Gasteiger partial charge >= 0.3 is 5.97 Å². The predicted molar refractivity (Wildman–Crippen MR) is 67.5 cm³/mol. The Balaban J connectivity index is 2.67. The number of hydrogen-bond donors (Lipinski definition) is 2. The molecule has 0 spiro atoms. The highest BCUT2D eigenvalue weighted by molar-refractivity contribution is 5.92. The van der Waals surface area contributed by atoms with Gasteiger partial charge in [0.15, 0.2) is 0 Å². The first kappa shape index (κ1) is 14.2. The molecule has 5 heteroatoms. The van der Waals surface area contributed by atoms with E-state index in [1.54, 1.807) is 31.2 Å². The molecule has 0 aliphatic heterocycles. The molecule has 2 N–H and O–H groups in total. The smallest absolute Gasteiger partial charge is 0.307 e. The van der Waals surface area contributed by atoms with Crippen molar-refractivity contribution in [3.8, 4) is 0 Å². The number of nitrogens with one attached hydrogen (secondary N) is 1. The summed E-state index contributed by atoms with van der Waals surface area (Å²) in [5.74, 6) is -1.30. The van der Waals surface area contributed by atoms with Gasteiger partial charge in [-0.2, -0.15) is 0 Å². The Morgan fingerprint density at radius 3 is 2.78 bits per heavy atom. The molecule has 0 bridgehead atoms. The minimum absolute atomic E-state index is 0.0582. The van der Waals surface area contributed by atoms with Crippen LogP contribution in [0.3, 0.4) is 0 Å². The number of aliphatic carboxylic acids is 1. The van der Waals surface area contributed by atoms with E-state index in [0.717, 1.165) is 0 Å². The van der Waals surface area contributed by atoms with Crippen molar-refractivity contribution in [1.29, 1.82) is 0 Å². The summed E-state index contributed by atoms with van der Waals surface area (Å²) in [6, 6.07) is 6.81. The largest absolute Gasteiger partial charge is 0.481 e. The molecule has 1 aromatic carbocycles. The molecule has 0 radical (unpaired) electrons. The Morgan fingerprint density at radius 1 is 1.44 bits per heavy atom. The average molecular weight is 251 g/mol. The molecule has 0 aliphatic rings. The monoisotopic (exact) mass is 251 g/mol. The lowest BCUT2D eigenvalue weighted by molar-refractivity contribution is -0.136. The maximum Gasteiger partial charge on any atom is 0.307 e. The van der Waals surface area contributed by atoms with Crippen molar-refractivity contribution >= 4 is 17.6 Å². The summed E-state index contributed by atoms with van der Waals surface area (Å²) in [4.78, 5) is 22.3. The first-order chi connectivity index (χ1) is 8.52. The number of carboxylic acids is 1. The van der Waals surface area contributed by atoms with Gasteiger partial charge in [0.25, 0.3) is 0 Å². The van der Waals surface area contributed by atoms with Crippen LogP contribution in [0.2, 0.25) is 0 Å². The highest BCUT2D eigenvalue weighted by Gasteiger charge is 2.12. The molecule has 1 amide bonds. The number of anilines is 1. The van der Waals surface area contributed by atoms with Crippen LogP contribution < -0.4 is 5.32 Å². The zero-order valence-corrected chi connectivity index (χ0v) is 10.5. The fourth-order valence-corrected chi connectivity index (χ4v) is 1.52. The Kier molecular flexibility index (Phi) is 5.32. The van der Waals surface area contributed by atoms with E-state index >= 15 is 0 Å². The molecule has 1 unspecified atom stereocenters. The molecule has 0 saturated carbocycles. The molecule has 1 rings (SSSR count). The van der Waals surface area contributed by atoms with E-state index in [9.17, 15) is 9.59 Å². The van der Waals surface area contributed by atoms with Crippen molar-refractivity contribution in [2.75, 3.05) is 19.0 Å². The van der Waals surface area contributed by atoms with E-state index in [2.05, 4.69) is 5.32 Å². The van der Waals surface area contributed by atoms with Crippen LogP contribution in [0.4, 0.5) is 5.69 Å². The van der Waals surface area contributed by atoms with E-state index in [-0.39, 0.29) is 18.2 Å². The molecule has 0 fully saturated rings. The summed E-state index contributed by atoms with van der Waals surface area (Å²) in [6.45, 7) is 2.11. The third-order valence-corrected chi connectivity index (χ3v) is 2.41. The first-order valence-corrected chi connectivity index (χ1v) is 5.63. The molecule has 0 aromatic heterocycles. The number of carbonyl (C=O) groups excluding carboxylic acids is 1. The maximum absolute atomic E-state index is 11.7. The van der Waals surface area contributed by atoms with Gasteiger partial charge < -0.3 is 15.2 Å². The van der Waals surface area contributed by atoms with Crippen LogP contribution in [0.25, 0.3) is 0 Å². The average Bonchev–Trinajstić information content (AvgIpc) is 2.28. The Hall–Kier alpha value is -1.88. The molecule has 0 saturated heterocycles. The van der Waals surface area contributed by atoms with E-state index in [4.69, 9.17) is 9.84 Å². The van der Waals surface area contributed by atoms with Crippen LogP contribution >= 0.6 is 0 Å². The summed E-state index contributed by atoms with van der Waals surface area (Å²) in [6.07, 6.45) is -0.0582. The van der Waals surface area contributed by atoms with E-state index < -0.39 is 5.97 Å². The van der Waals surface area contributed by atoms with Gasteiger partial charge in [-0.1, -0.05) is 19.1 Å². The number of amides is 1. The molecule has 98 valence electrons. The van der Waals surface area contributed by atoms with Gasteiger partial charge in [0, 0.05) is 12.8 Å². The van der Waals surface area contributed by atoms with Gasteiger partial charge in [0.2, 0.25) is 5.91 Å². The molecule has 0 heterocycles. The minimum atomic E-state index is -0.897. The van der Waals surface area contributed by atoms with Crippen molar-refractivity contribution in [3.63, 3.8) is 0 Å². The normalized spacial score (nSPS) is 11.9. The molecule has 0 aliphatic carbocycles. The fourth-order valence-electron chi connectivity index (χ4n) is 1.52. The molecule has 1 aromatic rings. The van der Waals surface area contributed by atoms with E-state index in [1.807, 2.05) is 0 Å². The molecule has 1 atom stereocenters. The van der Waals surface area contributed by atoms with Gasteiger partial charge in [-0.3, -0.25) is 9.59 Å². The van der Waals surface area contributed by atoms with Gasteiger partial charge in [-0.05, 0) is 17.7 Å². The Bertz CT molecular complexity index is 431. The van der Waals surface area contributed by atoms with Crippen molar-refractivity contribution in [2.24, 2.45) is 5.92 Å². The zero-order chi connectivity index (χ0) is 13.5. The number of hydrogen-bond acceptors (Lipinski definition) is 3. The summed E-state index contributed by atoms with van der Waals surface area (Å²) in [5.41, 5.74) is 1.25. The fraction of sp³-hybridized carbons (Fsp3) is 0.385. The summed E-state index contributed by atoms with van der Waals surface area (Å²) < 4.78 is 4.90. The van der Waals surface area contributed by atoms with Gasteiger partial charge in [-0.15, -0.1) is 0 Å². The summed E-state index contributed by atoms with van der Waals surface area (Å²) in [5, 5.41) is 11.4. The second kappa shape index (κ2) is 6.76. The SMILES string of the molecule is COCC(C)C(=O)Nc1cccc(CC(=O)O)c1. The summed E-state index contributed by atoms with van der Waals surface area (Å²) in [7, 11) is 1.54. The third-order valence-electron chi connectivity index (χ3n) is 2.41. The first-order valence-electron chi connectivity index (χ1n) is 5.63. The second-order valence-corrected chi connectivity index (χ2v) is 4.12. The van der Waals surface area contributed by atoms with E-state index in [0.29, 0.717) is 17.9 Å². The number of ether oxygens (including phenoxy) is 1.